The van der Waals surface area contributed by atoms with Gasteiger partial charge < -0.3 is 4.57 Å². The molecule has 0 amide bonds. The molecule has 0 radical (unpaired) electrons. The third kappa shape index (κ3) is 3.30. The average molecular weight is 363 g/mol. The SMILES string of the molecule is CC(C)Cn1c(CCl)nnc1-c1ccc(Br)cc1Cl. The second-order valence-corrected chi connectivity index (χ2v) is 6.29. The van der Waals surface area contributed by atoms with Crippen molar-refractivity contribution < 1.29 is 0 Å². The highest BCUT2D eigenvalue weighted by atomic mass is 79.9. The fraction of sp³-hybridized carbons (Fsp3) is 0.385. The van der Waals surface area contributed by atoms with E-state index in [4.69, 9.17) is 23.2 Å². The summed E-state index contributed by atoms with van der Waals surface area (Å²) in [6, 6.07) is 5.73. The quantitative estimate of drug-likeness (QED) is 0.734. The maximum Gasteiger partial charge on any atom is 0.165 e. The van der Waals surface area contributed by atoms with Gasteiger partial charge in [-0.3, -0.25) is 0 Å². The first-order valence-corrected chi connectivity index (χ1v) is 7.67. The van der Waals surface area contributed by atoms with Gasteiger partial charge >= 0.3 is 0 Å². The van der Waals surface area contributed by atoms with E-state index in [0.29, 0.717) is 16.8 Å². The molecule has 0 fully saturated rings. The van der Waals surface area contributed by atoms with Gasteiger partial charge in [0.1, 0.15) is 5.82 Å². The van der Waals surface area contributed by atoms with E-state index in [0.717, 1.165) is 28.2 Å². The summed E-state index contributed by atoms with van der Waals surface area (Å²) < 4.78 is 2.97. The van der Waals surface area contributed by atoms with Crippen LogP contribution in [-0.2, 0) is 12.4 Å². The van der Waals surface area contributed by atoms with Gasteiger partial charge in [-0.05, 0) is 24.1 Å². The van der Waals surface area contributed by atoms with Gasteiger partial charge in [0.25, 0.3) is 0 Å². The van der Waals surface area contributed by atoms with Crippen LogP contribution in [0.5, 0.6) is 0 Å². The summed E-state index contributed by atoms with van der Waals surface area (Å²) in [4.78, 5) is 0. The Balaban J connectivity index is 2.52. The van der Waals surface area contributed by atoms with Gasteiger partial charge in [0, 0.05) is 16.6 Å². The minimum atomic E-state index is 0.341. The number of hydrogen-bond acceptors (Lipinski definition) is 2. The first kappa shape index (κ1) is 14.8. The van der Waals surface area contributed by atoms with Crippen LogP contribution in [0.25, 0.3) is 11.4 Å². The van der Waals surface area contributed by atoms with Crippen molar-refractivity contribution in [2.45, 2.75) is 26.3 Å². The molecule has 0 atom stereocenters. The van der Waals surface area contributed by atoms with Gasteiger partial charge in [-0.2, -0.15) is 0 Å². The minimum absolute atomic E-state index is 0.341. The summed E-state index contributed by atoms with van der Waals surface area (Å²) >= 11 is 15.6. The smallest absolute Gasteiger partial charge is 0.165 e. The molecule has 102 valence electrons. The van der Waals surface area contributed by atoms with E-state index < -0.39 is 0 Å². The van der Waals surface area contributed by atoms with Crippen molar-refractivity contribution in [3.63, 3.8) is 0 Å². The Labute approximate surface area is 131 Å². The molecule has 1 heterocycles. The second kappa shape index (κ2) is 6.25. The molecule has 6 heteroatoms. The van der Waals surface area contributed by atoms with Crippen molar-refractivity contribution in [1.29, 1.82) is 0 Å². The van der Waals surface area contributed by atoms with Gasteiger partial charge in [-0.15, -0.1) is 21.8 Å². The fourth-order valence-corrected chi connectivity index (χ4v) is 2.82. The predicted molar refractivity (Wildman–Crippen MR) is 82.6 cm³/mol. The highest BCUT2D eigenvalue weighted by Crippen LogP contribution is 2.30. The normalized spacial score (nSPS) is 11.3. The molecule has 3 nitrogen and oxygen atoms in total. The number of halogens is 3. The monoisotopic (exact) mass is 361 g/mol. The zero-order valence-corrected chi connectivity index (χ0v) is 13.8. The molecule has 0 bridgehead atoms. The predicted octanol–water partition coefficient (Wildman–Crippen LogP) is 4.76. The van der Waals surface area contributed by atoms with Crippen LogP contribution in [0.4, 0.5) is 0 Å². The molecule has 0 saturated heterocycles. The lowest BCUT2D eigenvalue weighted by atomic mass is 10.2. The minimum Gasteiger partial charge on any atom is -0.310 e. The maximum atomic E-state index is 6.28. The first-order chi connectivity index (χ1) is 9.02. The zero-order chi connectivity index (χ0) is 14.0. The summed E-state index contributed by atoms with van der Waals surface area (Å²) in [5, 5.41) is 9.01. The summed E-state index contributed by atoms with van der Waals surface area (Å²) in [5.41, 5.74) is 0.870. The van der Waals surface area contributed by atoms with E-state index in [1.165, 1.54) is 0 Å². The van der Waals surface area contributed by atoms with Gasteiger partial charge in [-0.25, -0.2) is 0 Å². The Kier molecular flexibility index (Phi) is 4.87. The number of hydrogen-bond donors (Lipinski definition) is 0. The molecule has 2 rings (SSSR count). The van der Waals surface area contributed by atoms with E-state index in [1.807, 2.05) is 22.8 Å². The molecule has 0 aliphatic carbocycles. The van der Waals surface area contributed by atoms with Crippen LogP contribution in [0.15, 0.2) is 22.7 Å². The molecule has 0 aliphatic heterocycles. The molecule has 0 N–H and O–H groups in total. The lowest BCUT2D eigenvalue weighted by Gasteiger charge is -2.12. The third-order valence-corrected chi connectivity index (χ3v) is 3.71. The lowest BCUT2D eigenvalue weighted by molar-refractivity contribution is 0.515. The lowest BCUT2D eigenvalue weighted by Crippen LogP contribution is -2.09. The molecule has 19 heavy (non-hydrogen) atoms. The van der Waals surface area contributed by atoms with E-state index in [9.17, 15) is 0 Å². The number of nitrogens with zero attached hydrogens (tertiary/aromatic N) is 3. The van der Waals surface area contributed by atoms with Gasteiger partial charge in [0.05, 0.1) is 10.9 Å². The first-order valence-electron chi connectivity index (χ1n) is 5.96. The maximum absolute atomic E-state index is 6.28. The second-order valence-electron chi connectivity index (χ2n) is 4.70. The van der Waals surface area contributed by atoms with Crippen LogP contribution in [0.2, 0.25) is 5.02 Å². The van der Waals surface area contributed by atoms with Gasteiger partial charge in [0.2, 0.25) is 0 Å². The Morgan fingerprint density at radius 2 is 2.05 bits per heavy atom. The Bertz CT molecular complexity index is 581. The standard InChI is InChI=1S/C13H14BrCl2N3/c1-8(2)7-19-12(6-15)17-18-13(19)10-4-3-9(14)5-11(10)16/h3-5,8H,6-7H2,1-2H3. The Hall–Kier alpha value is -0.580. The van der Waals surface area contributed by atoms with E-state index >= 15 is 0 Å². The molecule has 0 aliphatic rings. The molecule has 1 aromatic heterocycles. The Morgan fingerprint density at radius 1 is 1.32 bits per heavy atom. The van der Waals surface area contributed by atoms with E-state index in [2.05, 4.69) is 40.0 Å². The largest absolute Gasteiger partial charge is 0.310 e. The van der Waals surface area contributed by atoms with Crippen molar-refractivity contribution in [1.82, 2.24) is 14.8 Å². The van der Waals surface area contributed by atoms with Crippen molar-refractivity contribution in [3.8, 4) is 11.4 Å². The fourth-order valence-electron chi connectivity index (χ4n) is 1.86. The molecule has 1 aromatic carbocycles. The molecular weight excluding hydrogens is 349 g/mol. The van der Waals surface area contributed by atoms with Crippen LogP contribution in [-0.4, -0.2) is 14.8 Å². The molecule has 0 saturated carbocycles. The van der Waals surface area contributed by atoms with Crippen LogP contribution in [0, 0.1) is 5.92 Å². The van der Waals surface area contributed by atoms with E-state index in [1.54, 1.807) is 0 Å². The molecule has 0 unspecified atom stereocenters. The molecule has 0 spiro atoms. The van der Waals surface area contributed by atoms with E-state index in [-0.39, 0.29) is 0 Å². The zero-order valence-electron chi connectivity index (χ0n) is 10.7. The van der Waals surface area contributed by atoms with Crippen LogP contribution < -0.4 is 0 Å². The van der Waals surface area contributed by atoms with Crippen molar-refractivity contribution >= 4 is 39.1 Å². The number of rotatable bonds is 4. The number of aromatic nitrogens is 3. The summed E-state index contributed by atoms with van der Waals surface area (Å²) in [6.45, 7) is 5.10. The number of alkyl halides is 1. The van der Waals surface area contributed by atoms with Crippen LogP contribution in [0.1, 0.15) is 19.7 Å². The molecular formula is C13H14BrCl2N3. The average Bonchev–Trinajstić information content (AvgIpc) is 2.71. The van der Waals surface area contributed by atoms with Crippen molar-refractivity contribution in [3.05, 3.63) is 33.5 Å². The third-order valence-electron chi connectivity index (χ3n) is 2.67. The van der Waals surface area contributed by atoms with Crippen LogP contribution in [0.3, 0.4) is 0 Å². The molecule has 2 aromatic rings. The topological polar surface area (TPSA) is 30.7 Å². The highest BCUT2D eigenvalue weighted by Gasteiger charge is 2.16. The van der Waals surface area contributed by atoms with Crippen molar-refractivity contribution in [2.75, 3.05) is 0 Å². The van der Waals surface area contributed by atoms with Gasteiger partial charge in [0.15, 0.2) is 5.82 Å². The summed E-state index contributed by atoms with van der Waals surface area (Å²) in [5.74, 6) is 2.35. The van der Waals surface area contributed by atoms with Crippen molar-refractivity contribution in [2.24, 2.45) is 5.92 Å². The summed E-state index contributed by atoms with van der Waals surface area (Å²) in [6.07, 6.45) is 0. The Morgan fingerprint density at radius 3 is 2.63 bits per heavy atom. The highest BCUT2D eigenvalue weighted by molar-refractivity contribution is 9.10. The number of benzene rings is 1. The van der Waals surface area contributed by atoms with Gasteiger partial charge in [-0.1, -0.05) is 41.4 Å². The van der Waals surface area contributed by atoms with Crippen LogP contribution >= 0.6 is 39.1 Å². The summed E-state index contributed by atoms with van der Waals surface area (Å²) in [7, 11) is 0.